The molecule has 0 aliphatic rings. The van der Waals surface area contributed by atoms with E-state index in [-0.39, 0.29) is 16.7 Å². The Kier molecular flexibility index (Phi) is 6.41. The molecule has 19 heavy (non-hydrogen) atoms. The van der Waals surface area contributed by atoms with Gasteiger partial charge in [-0.25, -0.2) is 4.39 Å². The number of benzene rings is 1. The van der Waals surface area contributed by atoms with Crippen LogP contribution in [0.1, 0.15) is 6.42 Å². The molecule has 1 amide bonds. The largest absolute Gasteiger partial charge is 0.345 e. The lowest BCUT2D eigenvalue weighted by molar-refractivity contribution is -0.127. The molecule has 0 saturated heterocycles. The summed E-state index contributed by atoms with van der Waals surface area (Å²) in [5.41, 5.74) is 5.35. The Hall–Kier alpha value is -0.980. The highest BCUT2D eigenvalue weighted by molar-refractivity contribution is 7.85. The van der Waals surface area contributed by atoms with Crippen molar-refractivity contribution >= 4 is 28.3 Å². The van der Waals surface area contributed by atoms with Crippen LogP contribution in [0.4, 0.5) is 4.39 Å². The number of carbonyl (C=O) groups is 1. The average Bonchev–Trinajstić information content (AvgIpc) is 2.38. The number of halogens is 2. The summed E-state index contributed by atoms with van der Waals surface area (Å²) in [4.78, 5) is 13.6. The third kappa shape index (κ3) is 4.89. The molecule has 0 heterocycles. The van der Waals surface area contributed by atoms with Gasteiger partial charge in [0.05, 0.1) is 15.8 Å². The molecule has 0 saturated carbocycles. The second-order valence-corrected chi connectivity index (χ2v) is 5.88. The zero-order chi connectivity index (χ0) is 14.4. The maximum Gasteiger partial charge on any atom is 0.235 e. The minimum Gasteiger partial charge on any atom is -0.345 e. The number of amides is 1. The monoisotopic (exact) mass is 306 g/mol. The summed E-state index contributed by atoms with van der Waals surface area (Å²) in [7, 11) is 0.100. The standard InChI is InChI=1S/C12H16ClFN2O2S/c1-16(6-2-5-15)12(17)8-19(18)9-3-4-11(14)10(13)7-9/h3-4,7H,2,5-6,8,15H2,1H3. The van der Waals surface area contributed by atoms with Gasteiger partial charge in [-0.3, -0.25) is 9.00 Å². The minimum atomic E-state index is -1.53. The summed E-state index contributed by atoms with van der Waals surface area (Å²) in [6.45, 7) is 1.02. The predicted molar refractivity (Wildman–Crippen MR) is 74.0 cm³/mol. The number of carbonyl (C=O) groups excluding carboxylic acids is 1. The van der Waals surface area contributed by atoms with Gasteiger partial charge in [-0.05, 0) is 31.2 Å². The molecule has 1 aromatic rings. The van der Waals surface area contributed by atoms with Gasteiger partial charge >= 0.3 is 0 Å². The summed E-state index contributed by atoms with van der Waals surface area (Å²) in [5, 5.41) is -0.102. The molecule has 0 aliphatic heterocycles. The second kappa shape index (κ2) is 7.57. The van der Waals surface area contributed by atoms with Crippen LogP contribution in [0.15, 0.2) is 23.1 Å². The van der Waals surface area contributed by atoms with Crippen molar-refractivity contribution in [2.24, 2.45) is 5.73 Å². The molecule has 0 bridgehead atoms. The van der Waals surface area contributed by atoms with E-state index in [1.165, 1.54) is 17.0 Å². The molecule has 1 rings (SSSR count). The molecule has 0 aromatic heterocycles. The Morgan fingerprint density at radius 2 is 2.21 bits per heavy atom. The van der Waals surface area contributed by atoms with Crippen LogP contribution in [0.25, 0.3) is 0 Å². The van der Waals surface area contributed by atoms with E-state index in [1.54, 1.807) is 7.05 Å². The van der Waals surface area contributed by atoms with Gasteiger partial charge in [0.25, 0.3) is 0 Å². The Morgan fingerprint density at radius 3 is 2.79 bits per heavy atom. The van der Waals surface area contributed by atoms with Crippen LogP contribution in [-0.4, -0.2) is 40.9 Å². The van der Waals surface area contributed by atoms with E-state index >= 15 is 0 Å². The van der Waals surface area contributed by atoms with Gasteiger partial charge in [-0.1, -0.05) is 11.6 Å². The van der Waals surface area contributed by atoms with Crippen molar-refractivity contribution in [2.45, 2.75) is 11.3 Å². The van der Waals surface area contributed by atoms with E-state index in [4.69, 9.17) is 17.3 Å². The molecule has 7 heteroatoms. The third-order valence-electron chi connectivity index (χ3n) is 2.53. The smallest absolute Gasteiger partial charge is 0.235 e. The summed E-state index contributed by atoms with van der Waals surface area (Å²) in [5.74, 6) is -0.968. The van der Waals surface area contributed by atoms with Crippen LogP contribution >= 0.6 is 11.6 Å². The number of rotatable bonds is 6. The first-order chi connectivity index (χ1) is 8.95. The number of nitrogens with zero attached hydrogens (tertiary/aromatic N) is 1. The lowest BCUT2D eigenvalue weighted by Crippen LogP contribution is -2.32. The maximum absolute atomic E-state index is 13.0. The number of nitrogens with two attached hydrogens (primary N) is 1. The molecule has 0 aliphatic carbocycles. The predicted octanol–water partition coefficient (Wildman–Crippen LogP) is 1.39. The van der Waals surface area contributed by atoms with Crippen LogP contribution in [-0.2, 0) is 15.6 Å². The van der Waals surface area contributed by atoms with Gasteiger partial charge < -0.3 is 10.6 Å². The van der Waals surface area contributed by atoms with Crippen molar-refractivity contribution in [2.75, 3.05) is 25.9 Å². The molecular formula is C12H16ClFN2O2S. The molecule has 2 N–H and O–H groups in total. The SMILES string of the molecule is CN(CCCN)C(=O)CS(=O)c1ccc(F)c(Cl)c1. The maximum atomic E-state index is 13.0. The molecule has 1 atom stereocenters. The fourth-order valence-corrected chi connectivity index (χ4v) is 2.70. The van der Waals surface area contributed by atoms with E-state index in [9.17, 15) is 13.4 Å². The summed E-state index contributed by atoms with van der Waals surface area (Å²) in [6.07, 6.45) is 0.692. The molecule has 4 nitrogen and oxygen atoms in total. The average molecular weight is 307 g/mol. The van der Waals surface area contributed by atoms with Gasteiger partial charge in [0.1, 0.15) is 11.6 Å². The zero-order valence-electron chi connectivity index (χ0n) is 10.6. The first-order valence-electron chi connectivity index (χ1n) is 5.73. The first-order valence-corrected chi connectivity index (χ1v) is 7.43. The van der Waals surface area contributed by atoms with Crippen molar-refractivity contribution in [3.8, 4) is 0 Å². The number of hydrogen-bond acceptors (Lipinski definition) is 3. The molecule has 1 aromatic carbocycles. The molecule has 0 fully saturated rings. The van der Waals surface area contributed by atoms with E-state index in [2.05, 4.69) is 0 Å². The highest BCUT2D eigenvalue weighted by Crippen LogP contribution is 2.18. The van der Waals surface area contributed by atoms with Gasteiger partial charge in [0.2, 0.25) is 5.91 Å². The quantitative estimate of drug-likeness (QED) is 0.864. The lowest BCUT2D eigenvalue weighted by Gasteiger charge is -2.16. The molecular weight excluding hydrogens is 291 g/mol. The van der Waals surface area contributed by atoms with Crippen LogP contribution in [0.5, 0.6) is 0 Å². The minimum absolute atomic E-state index is 0.102. The van der Waals surface area contributed by atoms with Gasteiger partial charge in [-0.15, -0.1) is 0 Å². The Balaban J connectivity index is 2.63. The van der Waals surface area contributed by atoms with E-state index in [0.717, 1.165) is 6.07 Å². The Bertz CT molecular complexity index is 485. The van der Waals surface area contributed by atoms with Crippen LogP contribution in [0.3, 0.4) is 0 Å². The summed E-state index contributed by atoms with van der Waals surface area (Å²) in [6, 6.07) is 3.78. The fourth-order valence-electron chi connectivity index (χ4n) is 1.38. The summed E-state index contributed by atoms with van der Waals surface area (Å²) >= 11 is 5.61. The van der Waals surface area contributed by atoms with Crippen molar-refractivity contribution in [1.82, 2.24) is 4.90 Å². The van der Waals surface area contributed by atoms with Crippen LogP contribution in [0.2, 0.25) is 5.02 Å². The van der Waals surface area contributed by atoms with Crippen molar-refractivity contribution in [3.63, 3.8) is 0 Å². The lowest BCUT2D eigenvalue weighted by atomic mass is 10.3. The van der Waals surface area contributed by atoms with Gasteiger partial charge in [0.15, 0.2) is 0 Å². The first kappa shape index (κ1) is 16.1. The van der Waals surface area contributed by atoms with E-state index in [1.807, 2.05) is 0 Å². The highest BCUT2D eigenvalue weighted by atomic mass is 35.5. The molecule has 0 radical (unpaired) electrons. The van der Waals surface area contributed by atoms with Gasteiger partial charge in [-0.2, -0.15) is 0 Å². The third-order valence-corrected chi connectivity index (χ3v) is 4.11. The van der Waals surface area contributed by atoms with Crippen LogP contribution in [0, 0.1) is 5.82 Å². The van der Waals surface area contributed by atoms with Crippen molar-refractivity contribution in [1.29, 1.82) is 0 Å². The van der Waals surface area contributed by atoms with E-state index in [0.29, 0.717) is 24.4 Å². The van der Waals surface area contributed by atoms with Gasteiger partial charge in [0, 0.05) is 18.5 Å². The zero-order valence-corrected chi connectivity index (χ0v) is 12.1. The second-order valence-electron chi connectivity index (χ2n) is 4.02. The molecule has 0 spiro atoms. The normalized spacial score (nSPS) is 12.2. The highest BCUT2D eigenvalue weighted by Gasteiger charge is 2.15. The Morgan fingerprint density at radius 1 is 1.53 bits per heavy atom. The van der Waals surface area contributed by atoms with E-state index < -0.39 is 16.6 Å². The van der Waals surface area contributed by atoms with Crippen LogP contribution < -0.4 is 5.73 Å². The summed E-state index contributed by atoms with van der Waals surface area (Å²) < 4.78 is 24.9. The fraction of sp³-hybridized carbons (Fsp3) is 0.417. The molecule has 1 unspecified atom stereocenters. The Labute approximate surface area is 119 Å². The number of hydrogen-bond donors (Lipinski definition) is 1. The van der Waals surface area contributed by atoms with Crippen molar-refractivity contribution < 1.29 is 13.4 Å². The van der Waals surface area contributed by atoms with Crippen molar-refractivity contribution in [3.05, 3.63) is 29.0 Å². The topological polar surface area (TPSA) is 63.4 Å². The molecule has 106 valence electrons.